The van der Waals surface area contributed by atoms with Crippen molar-refractivity contribution in [2.75, 3.05) is 0 Å². The number of rotatable bonds is 4. The molecular weight excluding hydrogens is 310 g/mol. The predicted molar refractivity (Wildman–Crippen MR) is 89.8 cm³/mol. The van der Waals surface area contributed by atoms with Crippen molar-refractivity contribution in [1.82, 2.24) is 9.78 Å². The van der Waals surface area contributed by atoms with Crippen LogP contribution in [0, 0.1) is 0 Å². The van der Waals surface area contributed by atoms with E-state index in [1.54, 1.807) is 12.1 Å². The fraction of sp³-hybridized carbons (Fsp3) is 0.118. The number of hydrogen-bond donors (Lipinski definition) is 1. The average molecular weight is 327 g/mol. The van der Waals surface area contributed by atoms with Crippen LogP contribution in [0.1, 0.15) is 12.6 Å². The zero-order chi connectivity index (χ0) is 16.4. The molecule has 118 valence electrons. The lowest BCUT2D eigenvalue weighted by molar-refractivity contribution is 0.598. The van der Waals surface area contributed by atoms with Crippen LogP contribution in [0.15, 0.2) is 65.6 Å². The van der Waals surface area contributed by atoms with Gasteiger partial charge in [-0.25, -0.2) is 18.2 Å². The zero-order valence-electron chi connectivity index (χ0n) is 12.7. The van der Waals surface area contributed by atoms with Crippen LogP contribution < -0.4 is 5.14 Å². The third-order valence-corrected chi connectivity index (χ3v) is 4.53. The molecular formula is C17H17N3O2S. The molecule has 6 heteroatoms. The maximum absolute atomic E-state index is 11.4. The van der Waals surface area contributed by atoms with Crippen LogP contribution in [0.2, 0.25) is 0 Å². The van der Waals surface area contributed by atoms with E-state index in [0.717, 1.165) is 29.1 Å². The third-order valence-electron chi connectivity index (χ3n) is 3.60. The average Bonchev–Trinajstić information content (AvgIpc) is 2.99. The summed E-state index contributed by atoms with van der Waals surface area (Å²) in [6, 6.07) is 18.4. The first-order valence-electron chi connectivity index (χ1n) is 7.26. The zero-order valence-corrected chi connectivity index (χ0v) is 13.5. The topological polar surface area (TPSA) is 78.0 Å². The van der Waals surface area contributed by atoms with Gasteiger partial charge in [0.2, 0.25) is 10.0 Å². The van der Waals surface area contributed by atoms with Crippen molar-refractivity contribution in [2.24, 2.45) is 5.14 Å². The molecule has 0 spiro atoms. The second kappa shape index (κ2) is 5.98. The molecule has 23 heavy (non-hydrogen) atoms. The van der Waals surface area contributed by atoms with Crippen LogP contribution in [0.4, 0.5) is 0 Å². The number of aromatic nitrogens is 2. The van der Waals surface area contributed by atoms with Crippen LogP contribution in [0.25, 0.3) is 16.9 Å². The quantitative estimate of drug-likeness (QED) is 0.800. The van der Waals surface area contributed by atoms with E-state index in [9.17, 15) is 8.42 Å². The predicted octanol–water partition coefficient (Wildman–Crippen LogP) is 2.75. The summed E-state index contributed by atoms with van der Waals surface area (Å²) in [6.07, 6.45) is 0.822. The fourth-order valence-electron chi connectivity index (χ4n) is 2.39. The standard InChI is InChI=1S/C17H17N3O2S/c1-2-14-12-17(13-6-4-3-5-7-13)20(19-14)15-8-10-16(11-9-15)23(18,21)22/h3-12H,2H2,1H3,(H2,18,21,22). The van der Waals surface area contributed by atoms with Crippen molar-refractivity contribution in [1.29, 1.82) is 0 Å². The fourth-order valence-corrected chi connectivity index (χ4v) is 2.91. The van der Waals surface area contributed by atoms with Crippen molar-refractivity contribution < 1.29 is 8.42 Å². The molecule has 2 aromatic carbocycles. The first-order chi connectivity index (χ1) is 11.0. The Bertz CT molecular complexity index is 914. The van der Waals surface area contributed by atoms with Crippen molar-refractivity contribution in [3.63, 3.8) is 0 Å². The maximum Gasteiger partial charge on any atom is 0.238 e. The Labute approximate surface area is 135 Å². The maximum atomic E-state index is 11.4. The van der Waals surface area contributed by atoms with Gasteiger partial charge in [0.1, 0.15) is 0 Å². The minimum Gasteiger partial charge on any atom is -0.233 e. The van der Waals surface area contributed by atoms with Gasteiger partial charge in [-0.3, -0.25) is 0 Å². The molecule has 5 nitrogen and oxygen atoms in total. The van der Waals surface area contributed by atoms with Gasteiger partial charge in [-0.05, 0) is 36.8 Å². The Balaban J connectivity index is 2.11. The molecule has 0 bridgehead atoms. The van der Waals surface area contributed by atoms with E-state index in [0.29, 0.717) is 0 Å². The second-order valence-electron chi connectivity index (χ2n) is 5.19. The highest BCUT2D eigenvalue weighted by atomic mass is 32.2. The Kier molecular flexibility index (Phi) is 4.02. The highest BCUT2D eigenvalue weighted by molar-refractivity contribution is 7.89. The molecule has 1 aromatic heterocycles. The van der Waals surface area contributed by atoms with Crippen LogP contribution in [0.5, 0.6) is 0 Å². The minimum absolute atomic E-state index is 0.0883. The van der Waals surface area contributed by atoms with Crippen LogP contribution in [0.3, 0.4) is 0 Å². The summed E-state index contributed by atoms with van der Waals surface area (Å²) < 4.78 is 24.6. The van der Waals surface area contributed by atoms with Crippen molar-refractivity contribution in [3.8, 4) is 16.9 Å². The lowest BCUT2D eigenvalue weighted by atomic mass is 10.1. The lowest BCUT2D eigenvalue weighted by Crippen LogP contribution is -2.12. The van der Waals surface area contributed by atoms with E-state index < -0.39 is 10.0 Å². The van der Waals surface area contributed by atoms with E-state index in [-0.39, 0.29) is 4.90 Å². The third kappa shape index (κ3) is 3.18. The molecule has 0 radical (unpaired) electrons. The van der Waals surface area contributed by atoms with E-state index in [4.69, 9.17) is 5.14 Å². The normalized spacial score (nSPS) is 11.6. The molecule has 3 rings (SSSR count). The summed E-state index contributed by atoms with van der Waals surface area (Å²) in [6.45, 7) is 2.05. The van der Waals surface area contributed by atoms with Gasteiger partial charge < -0.3 is 0 Å². The largest absolute Gasteiger partial charge is 0.238 e. The van der Waals surface area contributed by atoms with Crippen LogP contribution >= 0.6 is 0 Å². The highest BCUT2D eigenvalue weighted by Crippen LogP contribution is 2.24. The molecule has 0 fully saturated rings. The van der Waals surface area contributed by atoms with Crippen LogP contribution in [-0.4, -0.2) is 18.2 Å². The van der Waals surface area contributed by atoms with Gasteiger partial charge in [0.25, 0.3) is 0 Å². The summed E-state index contributed by atoms with van der Waals surface area (Å²) >= 11 is 0. The lowest BCUT2D eigenvalue weighted by Gasteiger charge is -2.08. The van der Waals surface area contributed by atoms with E-state index in [1.165, 1.54) is 12.1 Å². The van der Waals surface area contributed by atoms with Gasteiger partial charge in [-0.2, -0.15) is 5.10 Å². The number of sulfonamides is 1. The molecule has 2 N–H and O–H groups in total. The Hall–Kier alpha value is -2.44. The SMILES string of the molecule is CCc1cc(-c2ccccc2)n(-c2ccc(S(N)(=O)=O)cc2)n1. The number of aryl methyl sites for hydroxylation is 1. The van der Waals surface area contributed by atoms with Gasteiger partial charge in [-0.15, -0.1) is 0 Å². The molecule has 0 aliphatic heterocycles. The summed E-state index contributed by atoms with van der Waals surface area (Å²) in [5, 5.41) is 9.75. The number of nitrogens with two attached hydrogens (primary N) is 1. The second-order valence-corrected chi connectivity index (χ2v) is 6.75. The van der Waals surface area contributed by atoms with E-state index in [1.807, 2.05) is 48.0 Å². The Morgan fingerprint density at radius 3 is 2.26 bits per heavy atom. The van der Waals surface area contributed by atoms with Gasteiger partial charge in [0, 0.05) is 5.56 Å². The molecule has 0 amide bonds. The molecule has 0 aliphatic carbocycles. The molecule has 1 heterocycles. The number of nitrogens with zero attached hydrogens (tertiary/aromatic N) is 2. The summed E-state index contributed by atoms with van der Waals surface area (Å²) in [4.78, 5) is 0.0883. The van der Waals surface area contributed by atoms with Gasteiger partial charge >= 0.3 is 0 Å². The minimum atomic E-state index is -3.69. The number of benzene rings is 2. The molecule has 0 aliphatic rings. The molecule has 0 atom stereocenters. The molecule has 3 aromatic rings. The first kappa shape index (κ1) is 15.5. The van der Waals surface area contributed by atoms with Crippen molar-refractivity contribution in [2.45, 2.75) is 18.2 Å². The monoisotopic (exact) mass is 327 g/mol. The number of primary sulfonamides is 1. The van der Waals surface area contributed by atoms with E-state index in [2.05, 4.69) is 5.10 Å². The van der Waals surface area contributed by atoms with Crippen LogP contribution in [-0.2, 0) is 16.4 Å². The highest BCUT2D eigenvalue weighted by Gasteiger charge is 2.12. The van der Waals surface area contributed by atoms with Crippen molar-refractivity contribution in [3.05, 3.63) is 66.4 Å². The van der Waals surface area contributed by atoms with Gasteiger partial charge in [0.15, 0.2) is 0 Å². The molecule has 0 saturated carbocycles. The Morgan fingerprint density at radius 2 is 1.70 bits per heavy atom. The Morgan fingerprint density at radius 1 is 1.04 bits per heavy atom. The number of hydrogen-bond acceptors (Lipinski definition) is 3. The summed E-state index contributed by atoms with van der Waals surface area (Å²) in [5.74, 6) is 0. The molecule has 0 unspecified atom stereocenters. The summed E-state index contributed by atoms with van der Waals surface area (Å²) in [7, 11) is -3.69. The summed E-state index contributed by atoms with van der Waals surface area (Å²) in [5.41, 5.74) is 3.77. The van der Waals surface area contributed by atoms with Crippen molar-refractivity contribution >= 4 is 10.0 Å². The van der Waals surface area contributed by atoms with Gasteiger partial charge in [0.05, 0.1) is 22.0 Å². The smallest absolute Gasteiger partial charge is 0.233 e. The first-order valence-corrected chi connectivity index (χ1v) is 8.81. The van der Waals surface area contributed by atoms with Gasteiger partial charge in [-0.1, -0.05) is 37.3 Å². The van der Waals surface area contributed by atoms with E-state index >= 15 is 0 Å². The molecule has 0 saturated heterocycles.